The van der Waals surface area contributed by atoms with Crippen LogP contribution in [0.5, 0.6) is 11.5 Å². The van der Waals surface area contributed by atoms with Gasteiger partial charge < -0.3 is 24.2 Å². The zero-order valence-corrected chi connectivity index (χ0v) is 20.5. The Morgan fingerprint density at radius 3 is 2.62 bits per heavy atom. The highest BCUT2D eigenvalue weighted by Gasteiger charge is 2.48. The first-order valence-electron chi connectivity index (χ1n) is 12.3. The second kappa shape index (κ2) is 10.8. The van der Waals surface area contributed by atoms with Crippen molar-refractivity contribution in [2.75, 3.05) is 40.0 Å². The molecule has 2 aromatic carbocycles. The first kappa shape index (κ1) is 24.6. The summed E-state index contributed by atoms with van der Waals surface area (Å²) in [7, 11) is 1.66. The number of nitrogens with zero attached hydrogens (tertiary/aromatic N) is 1. The van der Waals surface area contributed by atoms with Gasteiger partial charge in [0.05, 0.1) is 20.3 Å². The largest absolute Gasteiger partial charge is 0.493 e. The number of hydrogen-bond acceptors (Lipinski definition) is 5. The van der Waals surface area contributed by atoms with Gasteiger partial charge in [-0.1, -0.05) is 50.2 Å². The van der Waals surface area contributed by atoms with Crippen LogP contribution in [0.25, 0.3) is 0 Å². The van der Waals surface area contributed by atoms with Crippen molar-refractivity contribution in [3.05, 3.63) is 59.7 Å². The van der Waals surface area contributed by atoms with Gasteiger partial charge in [0.25, 0.3) is 0 Å². The Bertz CT molecular complexity index is 961. The zero-order chi connectivity index (χ0) is 24.1. The van der Waals surface area contributed by atoms with Crippen LogP contribution in [-0.4, -0.2) is 55.9 Å². The molecule has 1 aliphatic heterocycles. The molecule has 0 radical (unpaired) electrons. The zero-order valence-electron chi connectivity index (χ0n) is 20.5. The van der Waals surface area contributed by atoms with Gasteiger partial charge in [0.1, 0.15) is 6.61 Å². The van der Waals surface area contributed by atoms with Crippen molar-refractivity contribution in [3.8, 4) is 11.5 Å². The van der Waals surface area contributed by atoms with Gasteiger partial charge in [-0.15, -0.1) is 0 Å². The minimum atomic E-state index is -0.272. The molecule has 2 aromatic rings. The molecule has 1 N–H and O–H groups in total. The number of aliphatic hydroxyl groups excluding tert-OH is 1. The highest BCUT2D eigenvalue weighted by atomic mass is 16.5. The number of rotatable bonds is 11. The van der Waals surface area contributed by atoms with Gasteiger partial charge in [-0.05, 0) is 53.4 Å². The first-order valence-corrected chi connectivity index (χ1v) is 12.3. The fraction of sp³-hybridized carbons (Fsp3) is 0.536. The normalized spacial score (nSPS) is 23.1. The van der Waals surface area contributed by atoms with Crippen molar-refractivity contribution in [2.45, 2.75) is 39.2 Å². The Morgan fingerprint density at radius 2 is 1.94 bits per heavy atom. The van der Waals surface area contributed by atoms with Crippen LogP contribution in [-0.2, 0) is 16.1 Å². The molecule has 1 saturated carbocycles. The summed E-state index contributed by atoms with van der Waals surface area (Å²) < 4.78 is 17.4. The van der Waals surface area contributed by atoms with Crippen molar-refractivity contribution in [1.29, 1.82) is 0 Å². The maximum atomic E-state index is 13.1. The summed E-state index contributed by atoms with van der Waals surface area (Å²) in [5.41, 5.74) is 1.88. The van der Waals surface area contributed by atoms with E-state index in [0.29, 0.717) is 32.2 Å². The van der Waals surface area contributed by atoms with Gasteiger partial charge in [0, 0.05) is 25.6 Å². The monoisotopic (exact) mass is 467 g/mol. The van der Waals surface area contributed by atoms with Gasteiger partial charge in [-0.2, -0.15) is 0 Å². The number of amides is 1. The Kier molecular flexibility index (Phi) is 7.79. The molecule has 6 heteroatoms. The van der Waals surface area contributed by atoms with Gasteiger partial charge in [-0.25, -0.2) is 0 Å². The topological polar surface area (TPSA) is 68.2 Å². The Morgan fingerprint density at radius 1 is 1.18 bits per heavy atom. The summed E-state index contributed by atoms with van der Waals surface area (Å²) in [4.78, 5) is 14.9. The summed E-state index contributed by atoms with van der Waals surface area (Å²) in [5, 5.41) is 10.0. The van der Waals surface area contributed by atoms with E-state index in [4.69, 9.17) is 14.2 Å². The standard InChI is InChI=1S/C28H37NO5/c1-20(15-30)28(2)19-29(27(31)18-33-16-21-7-5-4-6-8-21)14-24(28)23-11-12-25(32-3)26(13-23)34-17-22-9-10-22/h4-8,11-13,20,22,24,30H,9-10,14-19H2,1-3H3. The molecular weight excluding hydrogens is 430 g/mol. The number of aliphatic hydroxyl groups is 1. The number of likely N-dealkylation sites (tertiary alicyclic amines) is 1. The predicted molar refractivity (Wildman–Crippen MR) is 131 cm³/mol. The van der Waals surface area contributed by atoms with Crippen LogP contribution in [0.15, 0.2) is 48.5 Å². The summed E-state index contributed by atoms with van der Waals surface area (Å²) in [6.45, 7) is 6.63. The molecule has 2 aliphatic rings. The van der Waals surface area contributed by atoms with Crippen molar-refractivity contribution in [1.82, 2.24) is 4.90 Å². The summed E-state index contributed by atoms with van der Waals surface area (Å²) >= 11 is 0. The van der Waals surface area contributed by atoms with E-state index >= 15 is 0 Å². The molecule has 1 aliphatic carbocycles. The number of carbonyl (C=O) groups excluding carboxylic acids is 1. The first-order chi connectivity index (χ1) is 16.4. The second-order valence-electron chi connectivity index (χ2n) is 10.1. The van der Waals surface area contributed by atoms with E-state index in [1.165, 1.54) is 12.8 Å². The highest BCUT2D eigenvalue weighted by Crippen LogP contribution is 2.49. The minimum absolute atomic E-state index is 0.0199. The Labute approximate surface area is 202 Å². The van der Waals surface area contributed by atoms with E-state index in [2.05, 4.69) is 26.0 Å². The van der Waals surface area contributed by atoms with E-state index in [9.17, 15) is 9.90 Å². The van der Waals surface area contributed by atoms with Crippen LogP contribution in [0.2, 0.25) is 0 Å². The Hall–Kier alpha value is -2.57. The van der Waals surface area contributed by atoms with Crippen LogP contribution < -0.4 is 9.47 Å². The van der Waals surface area contributed by atoms with Crippen molar-refractivity contribution in [2.24, 2.45) is 17.3 Å². The molecule has 1 saturated heterocycles. The molecule has 34 heavy (non-hydrogen) atoms. The summed E-state index contributed by atoms with van der Waals surface area (Å²) in [6, 6.07) is 15.9. The SMILES string of the molecule is COc1ccc(C2CN(C(=O)COCc3ccccc3)CC2(C)C(C)CO)cc1OCC1CC1. The average Bonchev–Trinajstić information content (AvgIpc) is 3.62. The van der Waals surface area contributed by atoms with E-state index < -0.39 is 0 Å². The number of benzene rings is 2. The molecule has 2 fully saturated rings. The predicted octanol–water partition coefficient (Wildman–Crippen LogP) is 4.26. The molecular formula is C28H37NO5. The molecule has 6 nitrogen and oxygen atoms in total. The quantitative estimate of drug-likeness (QED) is 0.535. The van der Waals surface area contributed by atoms with Crippen molar-refractivity contribution < 1.29 is 24.1 Å². The van der Waals surface area contributed by atoms with Gasteiger partial charge in [0.2, 0.25) is 5.91 Å². The lowest BCUT2D eigenvalue weighted by Crippen LogP contribution is -2.37. The van der Waals surface area contributed by atoms with E-state index in [0.717, 1.165) is 22.6 Å². The van der Waals surface area contributed by atoms with Crippen molar-refractivity contribution >= 4 is 5.91 Å². The number of carbonyl (C=O) groups is 1. The number of methoxy groups -OCH3 is 1. The lowest BCUT2D eigenvalue weighted by Gasteiger charge is -2.36. The lowest BCUT2D eigenvalue weighted by molar-refractivity contribution is -0.136. The third-order valence-electron chi connectivity index (χ3n) is 7.58. The van der Waals surface area contributed by atoms with E-state index in [-0.39, 0.29) is 36.4 Å². The maximum Gasteiger partial charge on any atom is 0.248 e. The smallest absolute Gasteiger partial charge is 0.248 e. The number of hydrogen-bond donors (Lipinski definition) is 1. The van der Waals surface area contributed by atoms with Crippen LogP contribution in [0.4, 0.5) is 0 Å². The fourth-order valence-electron chi connectivity index (χ4n) is 4.84. The molecule has 3 unspecified atom stereocenters. The summed E-state index contributed by atoms with van der Waals surface area (Å²) in [5.74, 6) is 2.20. The van der Waals surface area contributed by atoms with Crippen LogP contribution >= 0.6 is 0 Å². The van der Waals surface area contributed by atoms with Crippen LogP contribution in [0, 0.1) is 17.3 Å². The number of ether oxygens (including phenoxy) is 3. The van der Waals surface area contributed by atoms with E-state index in [1.807, 2.05) is 41.3 Å². The molecule has 3 atom stereocenters. The van der Waals surface area contributed by atoms with Gasteiger partial charge in [-0.3, -0.25) is 4.79 Å². The lowest BCUT2D eigenvalue weighted by atomic mass is 9.68. The Balaban J connectivity index is 1.48. The molecule has 4 rings (SSSR count). The summed E-state index contributed by atoms with van der Waals surface area (Å²) in [6.07, 6.45) is 2.44. The van der Waals surface area contributed by atoms with Gasteiger partial charge >= 0.3 is 0 Å². The molecule has 0 aromatic heterocycles. The fourth-order valence-corrected chi connectivity index (χ4v) is 4.84. The maximum absolute atomic E-state index is 13.1. The molecule has 0 spiro atoms. The third-order valence-corrected chi connectivity index (χ3v) is 7.58. The highest BCUT2D eigenvalue weighted by molar-refractivity contribution is 5.78. The second-order valence-corrected chi connectivity index (χ2v) is 10.1. The molecule has 0 bridgehead atoms. The minimum Gasteiger partial charge on any atom is -0.493 e. The molecule has 1 amide bonds. The average molecular weight is 468 g/mol. The third kappa shape index (κ3) is 5.56. The van der Waals surface area contributed by atoms with Crippen LogP contribution in [0.1, 0.15) is 43.7 Å². The molecule has 1 heterocycles. The van der Waals surface area contributed by atoms with Crippen molar-refractivity contribution in [3.63, 3.8) is 0 Å². The van der Waals surface area contributed by atoms with Crippen LogP contribution in [0.3, 0.4) is 0 Å². The van der Waals surface area contributed by atoms with E-state index in [1.54, 1.807) is 7.11 Å². The molecule has 184 valence electrons. The van der Waals surface area contributed by atoms with Gasteiger partial charge in [0.15, 0.2) is 11.5 Å².